The van der Waals surface area contributed by atoms with Crippen molar-refractivity contribution in [3.05, 3.63) is 65.4 Å². The number of nitrogens with one attached hydrogen (secondary N) is 1. The van der Waals surface area contributed by atoms with Crippen LogP contribution in [0.25, 0.3) is 22.3 Å². The van der Waals surface area contributed by atoms with Crippen molar-refractivity contribution in [2.75, 3.05) is 13.7 Å². The summed E-state index contributed by atoms with van der Waals surface area (Å²) in [7, 11) is 1.72. The molecule has 6 heteroatoms. The average Bonchev–Trinajstić information content (AvgIpc) is 3.30. The van der Waals surface area contributed by atoms with Gasteiger partial charge in [-0.3, -0.25) is 4.57 Å². The van der Waals surface area contributed by atoms with Crippen molar-refractivity contribution in [1.82, 2.24) is 19.7 Å². The third-order valence-corrected chi connectivity index (χ3v) is 5.94. The molecule has 0 atom stereocenters. The first-order chi connectivity index (χ1) is 13.7. The van der Waals surface area contributed by atoms with Crippen LogP contribution in [0.3, 0.4) is 0 Å². The number of thioether (sulfide) groups is 1. The maximum absolute atomic E-state index is 5.33. The highest BCUT2D eigenvalue weighted by molar-refractivity contribution is 7.98. The number of nitrogens with zero attached hydrogens (tertiary/aromatic N) is 3. The molecule has 0 radical (unpaired) electrons. The fourth-order valence-electron chi connectivity index (χ4n) is 3.33. The first-order valence-corrected chi connectivity index (χ1v) is 10.3. The van der Waals surface area contributed by atoms with Crippen molar-refractivity contribution >= 4 is 22.7 Å². The Morgan fingerprint density at radius 3 is 2.82 bits per heavy atom. The molecule has 4 aromatic rings. The van der Waals surface area contributed by atoms with Crippen LogP contribution >= 0.6 is 11.8 Å². The van der Waals surface area contributed by atoms with Gasteiger partial charge in [-0.15, -0.1) is 10.2 Å². The highest BCUT2D eigenvalue weighted by Crippen LogP contribution is 2.31. The lowest BCUT2D eigenvalue weighted by atomic mass is 10.1. The smallest absolute Gasteiger partial charge is 0.191 e. The molecule has 0 bridgehead atoms. The quantitative estimate of drug-likeness (QED) is 0.451. The van der Waals surface area contributed by atoms with Crippen molar-refractivity contribution in [2.24, 2.45) is 0 Å². The molecule has 2 heterocycles. The zero-order chi connectivity index (χ0) is 19.5. The van der Waals surface area contributed by atoms with Crippen LogP contribution < -0.4 is 0 Å². The van der Waals surface area contributed by atoms with E-state index in [0.29, 0.717) is 13.2 Å². The molecule has 0 spiro atoms. The number of H-pyrrole nitrogens is 1. The predicted molar refractivity (Wildman–Crippen MR) is 115 cm³/mol. The van der Waals surface area contributed by atoms with E-state index in [2.05, 4.69) is 63.9 Å². The number of hydrogen-bond acceptors (Lipinski definition) is 4. The van der Waals surface area contributed by atoms with E-state index < -0.39 is 0 Å². The Hall–Kier alpha value is -2.57. The first-order valence-electron chi connectivity index (χ1n) is 9.35. The Morgan fingerprint density at radius 2 is 1.96 bits per heavy atom. The number of para-hydroxylation sites is 1. The van der Waals surface area contributed by atoms with Crippen LogP contribution in [0.1, 0.15) is 16.7 Å². The summed E-state index contributed by atoms with van der Waals surface area (Å²) in [5.41, 5.74) is 6.08. The number of ether oxygens (including phenoxy) is 1. The lowest BCUT2D eigenvalue weighted by molar-refractivity contribution is 0.185. The van der Waals surface area contributed by atoms with Crippen molar-refractivity contribution < 1.29 is 4.74 Å². The number of hydrogen-bond donors (Lipinski definition) is 1. The minimum atomic E-state index is 0.616. The standard InChI is InChI=1S/C22H24N4OS/c1-15-8-9-16(2)17(12-15)14-28-22-25-24-21(26(22)10-11-27-3)19-13-23-20-7-5-4-6-18(19)20/h4-9,12-13,23H,10-11,14H2,1-3H3. The summed E-state index contributed by atoms with van der Waals surface area (Å²) in [5, 5.41) is 11.1. The van der Waals surface area contributed by atoms with Gasteiger partial charge in [-0.2, -0.15) is 0 Å². The Kier molecular flexibility index (Phi) is 5.50. The third-order valence-electron chi connectivity index (χ3n) is 4.93. The molecule has 0 aliphatic heterocycles. The molecule has 0 aliphatic rings. The van der Waals surface area contributed by atoms with Crippen LogP contribution in [0, 0.1) is 13.8 Å². The molecule has 0 fully saturated rings. The van der Waals surface area contributed by atoms with Gasteiger partial charge in [0, 0.05) is 35.5 Å². The van der Waals surface area contributed by atoms with Crippen molar-refractivity contribution in [3.63, 3.8) is 0 Å². The van der Waals surface area contributed by atoms with E-state index in [0.717, 1.165) is 33.2 Å². The Bertz CT molecular complexity index is 1100. The number of aromatic amines is 1. The van der Waals surface area contributed by atoms with Gasteiger partial charge in [0.2, 0.25) is 0 Å². The number of aromatic nitrogens is 4. The maximum Gasteiger partial charge on any atom is 0.191 e. The number of benzene rings is 2. The molecule has 0 aliphatic carbocycles. The van der Waals surface area contributed by atoms with E-state index in [9.17, 15) is 0 Å². The highest BCUT2D eigenvalue weighted by Gasteiger charge is 2.17. The van der Waals surface area contributed by atoms with Crippen molar-refractivity contribution in [2.45, 2.75) is 31.3 Å². The maximum atomic E-state index is 5.33. The molecule has 0 amide bonds. The van der Waals surface area contributed by atoms with Gasteiger partial charge in [0.15, 0.2) is 11.0 Å². The second-order valence-corrected chi connectivity index (χ2v) is 7.86. The van der Waals surface area contributed by atoms with Gasteiger partial charge < -0.3 is 9.72 Å². The summed E-state index contributed by atoms with van der Waals surface area (Å²) in [6, 6.07) is 14.8. The molecule has 1 N–H and O–H groups in total. The largest absolute Gasteiger partial charge is 0.383 e. The van der Waals surface area contributed by atoms with Gasteiger partial charge >= 0.3 is 0 Å². The Balaban J connectivity index is 1.67. The van der Waals surface area contributed by atoms with Crippen LogP contribution in [0.4, 0.5) is 0 Å². The Morgan fingerprint density at radius 1 is 1.11 bits per heavy atom. The normalized spacial score (nSPS) is 11.4. The van der Waals surface area contributed by atoms with E-state index >= 15 is 0 Å². The molecule has 0 unspecified atom stereocenters. The summed E-state index contributed by atoms with van der Waals surface area (Å²) in [4.78, 5) is 3.33. The van der Waals surface area contributed by atoms with Crippen LogP contribution in [0.5, 0.6) is 0 Å². The van der Waals surface area contributed by atoms with Gasteiger partial charge in [-0.25, -0.2) is 0 Å². The lowest BCUT2D eigenvalue weighted by Crippen LogP contribution is -2.07. The predicted octanol–water partition coefficient (Wildman–Crippen LogP) is 4.98. The molecule has 0 saturated heterocycles. The topological polar surface area (TPSA) is 55.7 Å². The molecule has 2 aromatic carbocycles. The second-order valence-electron chi connectivity index (χ2n) is 6.92. The van der Waals surface area contributed by atoms with Gasteiger partial charge in [-0.1, -0.05) is 53.7 Å². The summed E-state index contributed by atoms with van der Waals surface area (Å²) >= 11 is 1.72. The van der Waals surface area contributed by atoms with E-state index in [1.165, 1.54) is 16.7 Å². The number of aryl methyl sites for hydroxylation is 2. The highest BCUT2D eigenvalue weighted by atomic mass is 32.2. The summed E-state index contributed by atoms with van der Waals surface area (Å²) in [6.07, 6.45) is 2.01. The summed E-state index contributed by atoms with van der Waals surface area (Å²) in [5.74, 6) is 1.74. The van der Waals surface area contributed by atoms with Crippen LogP contribution in [0.15, 0.2) is 53.8 Å². The van der Waals surface area contributed by atoms with E-state index in [4.69, 9.17) is 4.74 Å². The minimum Gasteiger partial charge on any atom is -0.383 e. The van der Waals surface area contributed by atoms with Gasteiger partial charge in [0.05, 0.1) is 13.2 Å². The van der Waals surface area contributed by atoms with E-state index in [1.807, 2.05) is 18.3 Å². The monoisotopic (exact) mass is 392 g/mol. The molecule has 144 valence electrons. The molecule has 4 rings (SSSR count). The van der Waals surface area contributed by atoms with E-state index in [1.54, 1.807) is 18.9 Å². The van der Waals surface area contributed by atoms with Gasteiger partial charge in [0.1, 0.15) is 0 Å². The van der Waals surface area contributed by atoms with Crippen molar-refractivity contribution in [3.8, 4) is 11.4 Å². The zero-order valence-corrected chi connectivity index (χ0v) is 17.2. The molecular weight excluding hydrogens is 368 g/mol. The first kappa shape index (κ1) is 18.8. The summed E-state index contributed by atoms with van der Waals surface area (Å²) < 4.78 is 7.50. The molecule has 0 saturated carbocycles. The SMILES string of the molecule is COCCn1c(SCc2cc(C)ccc2C)nnc1-c1c[nH]c2ccccc12. The Labute approximate surface area is 169 Å². The minimum absolute atomic E-state index is 0.616. The fraction of sp³-hybridized carbons (Fsp3) is 0.273. The van der Waals surface area contributed by atoms with Gasteiger partial charge in [-0.05, 0) is 31.0 Å². The fourth-order valence-corrected chi connectivity index (χ4v) is 4.36. The summed E-state index contributed by atoms with van der Waals surface area (Å²) in [6.45, 7) is 5.62. The number of fused-ring (bicyclic) bond motifs is 1. The van der Waals surface area contributed by atoms with Crippen LogP contribution in [-0.2, 0) is 17.0 Å². The third kappa shape index (κ3) is 3.70. The van der Waals surface area contributed by atoms with Crippen LogP contribution in [-0.4, -0.2) is 33.5 Å². The number of rotatable bonds is 7. The van der Waals surface area contributed by atoms with Gasteiger partial charge in [0.25, 0.3) is 0 Å². The number of methoxy groups -OCH3 is 1. The molecular formula is C22H24N4OS. The molecule has 5 nitrogen and oxygen atoms in total. The zero-order valence-electron chi connectivity index (χ0n) is 16.4. The average molecular weight is 393 g/mol. The lowest BCUT2D eigenvalue weighted by Gasteiger charge is -2.10. The van der Waals surface area contributed by atoms with E-state index in [-0.39, 0.29) is 0 Å². The van der Waals surface area contributed by atoms with Crippen LogP contribution in [0.2, 0.25) is 0 Å². The molecule has 28 heavy (non-hydrogen) atoms. The molecule has 2 aromatic heterocycles. The van der Waals surface area contributed by atoms with Crippen molar-refractivity contribution in [1.29, 1.82) is 0 Å². The second kappa shape index (κ2) is 8.20.